The molecule has 1 fully saturated rings. The van der Waals surface area contributed by atoms with Crippen molar-refractivity contribution in [3.05, 3.63) is 192 Å². The lowest BCUT2D eigenvalue weighted by Gasteiger charge is -2.39. The fourth-order valence-corrected chi connectivity index (χ4v) is 10.5. The van der Waals surface area contributed by atoms with Gasteiger partial charge in [0.2, 0.25) is 0 Å². The van der Waals surface area contributed by atoms with Gasteiger partial charge in [-0.25, -0.2) is 0 Å². The quantitative estimate of drug-likeness (QED) is 0.0843. The second-order valence-corrected chi connectivity index (χ2v) is 18.3. The smallest absolute Gasteiger partial charge is 0.130 e. The number of hydrogen-bond donors (Lipinski definition) is 0. The minimum atomic E-state index is -0.138. The van der Waals surface area contributed by atoms with Gasteiger partial charge in [-0.1, -0.05) is 81.6 Å². The first kappa shape index (κ1) is 49.2. The van der Waals surface area contributed by atoms with Gasteiger partial charge in [0.25, 0.3) is 0 Å². The van der Waals surface area contributed by atoms with E-state index in [4.69, 9.17) is 28.4 Å². The lowest BCUT2D eigenvalue weighted by molar-refractivity contribution is 0.346. The third-order valence-corrected chi connectivity index (χ3v) is 14.6. The molecule has 0 bridgehead atoms. The Morgan fingerprint density at radius 1 is 0.333 bits per heavy atom. The monoisotopic (exact) mass is 958 g/mol. The van der Waals surface area contributed by atoms with E-state index in [1.165, 1.54) is 41.5 Å². The Morgan fingerprint density at radius 3 is 0.958 bits per heavy atom. The van der Waals surface area contributed by atoms with Crippen LogP contribution in [-0.2, 0) is 18.3 Å². The highest BCUT2D eigenvalue weighted by atomic mass is 16.5. The highest BCUT2D eigenvalue weighted by Crippen LogP contribution is 2.49. The van der Waals surface area contributed by atoms with E-state index < -0.39 is 0 Å². The Hall–Kier alpha value is -7.84. The van der Waals surface area contributed by atoms with Gasteiger partial charge in [0, 0.05) is 86.1 Å². The minimum Gasteiger partial charge on any atom is -0.497 e. The van der Waals surface area contributed by atoms with Gasteiger partial charge in [-0.05, 0) is 145 Å². The molecule has 8 aromatic rings. The molecule has 8 nitrogen and oxygen atoms in total. The van der Waals surface area contributed by atoms with Gasteiger partial charge in [-0.3, -0.25) is 0 Å². The molecule has 1 aliphatic carbocycles. The molecule has 0 spiro atoms. The summed E-state index contributed by atoms with van der Waals surface area (Å²) in [7, 11) is 10.1. The second kappa shape index (κ2) is 22.1. The fourth-order valence-electron chi connectivity index (χ4n) is 10.5. The van der Waals surface area contributed by atoms with Crippen LogP contribution in [0.4, 0.5) is 34.1 Å². The highest BCUT2D eigenvalue weighted by molar-refractivity contribution is 5.85. The first-order valence-electron chi connectivity index (χ1n) is 25.1. The Morgan fingerprint density at radius 2 is 0.639 bits per heavy atom. The molecule has 8 heteroatoms. The summed E-state index contributed by atoms with van der Waals surface area (Å²) in [6.45, 7) is 4.38. The van der Waals surface area contributed by atoms with Crippen LogP contribution in [0.5, 0.6) is 34.5 Å². The Balaban J connectivity index is 1.08. The number of anilines is 6. The summed E-state index contributed by atoms with van der Waals surface area (Å²) < 4.78 is 34.9. The molecule has 1 saturated carbocycles. The van der Waals surface area contributed by atoms with Crippen molar-refractivity contribution in [2.45, 2.75) is 64.2 Å². The molecule has 72 heavy (non-hydrogen) atoms. The predicted molar refractivity (Wildman–Crippen MR) is 295 cm³/mol. The number of rotatable bonds is 18. The third kappa shape index (κ3) is 9.78. The first-order chi connectivity index (χ1) is 35.3. The maximum atomic E-state index is 6.11. The van der Waals surface area contributed by atoms with Crippen molar-refractivity contribution in [1.29, 1.82) is 0 Å². The van der Waals surface area contributed by atoms with Crippen molar-refractivity contribution in [2.75, 3.05) is 52.5 Å². The van der Waals surface area contributed by atoms with E-state index in [1.54, 1.807) is 42.7 Å². The molecule has 0 saturated heterocycles. The van der Waals surface area contributed by atoms with E-state index in [0.717, 1.165) is 105 Å². The summed E-state index contributed by atoms with van der Waals surface area (Å²) in [6.07, 6.45) is 7.68. The average Bonchev–Trinajstić information content (AvgIpc) is 3.45. The summed E-state index contributed by atoms with van der Waals surface area (Å²) in [6, 6.07) is 60.9. The van der Waals surface area contributed by atoms with Crippen LogP contribution in [-0.4, -0.2) is 42.7 Å². The molecule has 0 aliphatic heterocycles. The molecule has 0 heterocycles. The molecule has 1 aliphatic rings. The summed E-state index contributed by atoms with van der Waals surface area (Å²) in [4.78, 5) is 4.64. The van der Waals surface area contributed by atoms with E-state index in [-0.39, 0.29) is 5.41 Å². The molecule has 8 aromatic carbocycles. The second-order valence-electron chi connectivity index (χ2n) is 18.3. The number of nitrogens with zero attached hydrogens (tertiary/aromatic N) is 2. The van der Waals surface area contributed by atoms with E-state index >= 15 is 0 Å². The zero-order chi connectivity index (χ0) is 50.2. The predicted octanol–water partition coefficient (Wildman–Crippen LogP) is 16.4. The van der Waals surface area contributed by atoms with Gasteiger partial charge in [0.05, 0.1) is 42.7 Å². The fraction of sp³-hybridized carbons (Fsp3) is 0.250. The zero-order valence-corrected chi connectivity index (χ0v) is 43.0. The lowest BCUT2D eigenvalue weighted by Crippen LogP contribution is -2.30. The molecule has 0 unspecified atom stereocenters. The van der Waals surface area contributed by atoms with Gasteiger partial charge in [0.15, 0.2) is 0 Å². The van der Waals surface area contributed by atoms with E-state index in [9.17, 15) is 0 Å². The SMILES string of the molecule is CCc1ccc(N(c2ccc(C3(c4ccc(N(c5ccc(CC)cc5)c5ccc(-c6ccc(OC)cc6OC)c(OC)c5)cc4)CCCCC3)cc2)c2ccc(-c3ccc(OC)cc3OC)c(OC)c2)cc1. The molecule has 0 aromatic heterocycles. The van der Waals surface area contributed by atoms with Crippen LogP contribution < -0.4 is 38.2 Å². The van der Waals surface area contributed by atoms with Gasteiger partial charge < -0.3 is 38.2 Å². The Labute approximate surface area is 426 Å². The maximum Gasteiger partial charge on any atom is 0.130 e. The highest BCUT2D eigenvalue weighted by Gasteiger charge is 2.36. The molecular weight excluding hydrogens is 893 g/mol. The molecule has 0 N–H and O–H groups in total. The zero-order valence-electron chi connectivity index (χ0n) is 43.0. The van der Waals surface area contributed by atoms with Gasteiger partial charge >= 0.3 is 0 Å². The number of methoxy groups -OCH3 is 6. The van der Waals surface area contributed by atoms with Gasteiger partial charge in [0.1, 0.15) is 34.5 Å². The van der Waals surface area contributed by atoms with Crippen molar-refractivity contribution in [2.24, 2.45) is 0 Å². The van der Waals surface area contributed by atoms with Crippen LogP contribution in [0, 0.1) is 0 Å². The topological polar surface area (TPSA) is 61.9 Å². The lowest BCUT2D eigenvalue weighted by atomic mass is 9.65. The van der Waals surface area contributed by atoms with E-state index in [1.807, 2.05) is 36.4 Å². The summed E-state index contributed by atoms with van der Waals surface area (Å²) in [5.41, 5.74) is 15.1. The van der Waals surface area contributed by atoms with Gasteiger partial charge in [-0.2, -0.15) is 0 Å². The van der Waals surface area contributed by atoms with Crippen LogP contribution in [0.1, 0.15) is 68.2 Å². The van der Waals surface area contributed by atoms with Crippen LogP contribution in [0.2, 0.25) is 0 Å². The molecule has 9 rings (SSSR count). The number of benzene rings is 8. The van der Waals surface area contributed by atoms with Crippen LogP contribution in [0.3, 0.4) is 0 Å². The maximum absolute atomic E-state index is 6.11. The average molecular weight is 959 g/mol. The van der Waals surface area contributed by atoms with Crippen molar-refractivity contribution < 1.29 is 28.4 Å². The molecule has 0 radical (unpaired) electrons. The number of ether oxygens (including phenoxy) is 6. The van der Waals surface area contributed by atoms with Crippen LogP contribution >= 0.6 is 0 Å². The molecule has 0 atom stereocenters. The molecule has 0 amide bonds. The van der Waals surface area contributed by atoms with Crippen LogP contribution in [0.15, 0.2) is 170 Å². The summed E-state index contributed by atoms with van der Waals surface area (Å²) in [5.74, 6) is 4.38. The van der Waals surface area contributed by atoms with Crippen molar-refractivity contribution in [3.63, 3.8) is 0 Å². The van der Waals surface area contributed by atoms with Crippen LogP contribution in [0.25, 0.3) is 22.3 Å². The standard InChI is InChI=1S/C64H66N2O6/c1-9-44-14-22-48(23-15-44)65(52-30-34-56(60(40-52)69-5)58-36-32-54(67-3)42-62(58)71-7)50-26-18-46(19-27-50)64(38-12-11-13-39-64)47-20-28-51(29-21-47)66(49-24-16-45(10-2)17-25-49)53-31-35-57(61(41-53)70-6)59-37-33-55(68-4)43-63(59)72-8/h14-37,40-43H,9-13,38-39H2,1-8H3. The van der Waals surface area contributed by atoms with Crippen molar-refractivity contribution in [3.8, 4) is 56.8 Å². The normalized spacial score (nSPS) is 12.9. The molecular formula is C64H66N2O6. The Bertz CT molecular complexity index is 2880. The summed E-state index contributed by atoms with van der Waals surface area (Å²) in [5, 5.41) is 0. The molecule has 368 valence electrons. The first-order valence-corrected chi connectivity index (χ1v) is 25.1. The number of hydrogen-bond acceptors (Lipinski definition) is 8. The van der Waals surface area contributed by atoms with Gasteiger partial charge in [-0.15, -0.1) is 0 Å². The Kier molecular flexibility index (Phi) is 15.1. The minimum absolute atomic E-state index is 0.138. The van der Waals surface area contributed by atoms with Crippen molar-refractivity contribution >= 4 is 34.1 Å². The largest absolute Gasteiger partial charge is 0.497 e. The van der Waals surface area contributed by atoms with E-state index in [0.29, 0.717) is 11.5 Å². The number of aryl methyl sites for hydroxylation is 2. The summed E-state index contributed by atoms with van der Waals surface area (Å²) >= 11 is 0. The third-order valence-electron chi connectivity index (χ3n) is 14.6. The van der Waals surface area contributed by atoms with Crippen molar-refractivity contribution in [1.82, 2.24) is 0 Å². The van der Waals surface area contributed by atoms with E-state index in [2.05, 4.69) is 157 Å².